The van der Waals surface area contributed by atoms with Gasteiger partial charge < -0.3 is 9.84 Å². The van der Waals surface area contributed by atoms with Crippen LogP contribution < -0.4 is 0 Å². The van der Waals surface area contributed by atoms with Gasteiger partial charge in [0.1, 0.15) is 0 Å². The van der Waals surface area contributed by atoms with Crippen molar-refractivity contribution >= 4 is 21.4 Å². The Labute approximate surface area is 119 Å². The molecule has 3 heteroatoms. The molecule has 1 aromatic heterocycles. The molecule has 1 aromatic carbocycles. The van der Waals surface area contributed by atoms with Crippen molar-refractivity contribution < 1.29 is 9.84 Å². The average molecular weight is 278 g/mol. The highest BCUT2D eigenvalue weighted by Gasteiger charge is 2.34. The van der Waals surface area contributed by atoms with Gasteiger partial charge in [0.05, 0.1) is 11.7 Å². The Morgan fingerprint density at radius 1 is 1.26 bits per heavy atom. The molecule has 0 aliphatic heterocycles. The maximum absolute atomic E-state index is 10.6. The second kappa shape index (κ2) is 6.04. The summed E-state index contributed by atoms with van der Waals surface area (Å²) in [5.41, 5.74) is 0.791. The zero-order valence-corrected chi connectivity index (χ0v) is 12.7. The number of methoxy groups -OCH3 is 1. The van der Waals surface area contributed by atoms with Crippen LogP contribution in [0, 0.1) is 0 Å². The van der Waals surface area contributed by atoms with E-state index in [2.05, 4.69) is 37.4 Å². The molecule has 2 nitrogen and oxygen atoms in total. The standard InChI is InChI=1S/C16H22O2S/c1-4-16(5-2,18-3)15(17)10-12-11-19-14-9-7-6-8-13(12)14/h6-9,11,15,17H,4-5,10H2,1-3H3. The van der Waals surface area contributed by atoms with Crippen molar-refractivity contribution in [3.63, 3.8) is 0 Å². The van der Waals surface area contributed by atoms with Gasteiger partial charge in [-0.1, -0.05) is 32.0 Å². The minimum atomic E-state index is -0.467. The summed E-state index contributed by atoms with van der Waals surface area (Å²) in [6, 6.07) is 8.35. The van der Waals surface area contributed by atoms with E-state index in [1.54, 1.807) is 18.4 Å². The van der Waals surface area contributed by atoms with Gasteiger partial charge in [-0.3, -0.25) is 0 Å². The van der Waals surface area contributed by atoms with Gasteiger partial charge in [0.2, 0.25) is 0 Å². The average Bonchev–Trinajstić information content (AvgIpc) is 2.85. The minimum Gasteiger partial charge on any atom is -0.390 e. The van der Waals surface area contributed by atoms with Gasteiger partial charge in [-0.2, -0.15) is 0 Å². The van der Waals surface area contributed by atoms with Gasteiger partial charge in [0, 0.05) is 18.2 Å². The number of thiophene rings is 1. The third-order valence-electron chi connectivity index (χ3n) is 4.19. The predicted octanol–water partition coefficient (Wildman–Crippen LogP) is 4.01. The molecule has 1 heterocycles. The van der Waals surface area contributed by atoms with E-state index in [0.29, 0.717) is 6.42 Å². The third-order valence-corrected chi connectivity index (χ3v) is 5.20. The lowest BCUT2D eigenvalue weighted by molar-refractivity contribution is -0.106. The van der Waals surface area contributed by atoms with Gasteiger partial charge >= 0.3 is 0 Å². The number of aliphatic hydroxyl groups is 1. The molecule has 0 amide bonds. The lowest BCUT2D eigenvalue weighted by Crippen LogP contribution is -2.44. The maximum atomic E-state index is 10.6. The van der Waals surface area contributed by atoms with Gasteiger partial charge in [0.25, 0.3) is 0 Å². The summed E-state index contributed by atoms with van der Waals surface area (Å²) in [4.78, 5) is 0. The van der Waals surface area contributed by atoms with Gasteiger partial charge in [-0.15, -0.1) is 11.3 Å². The fourth-order valence-corrected chi connectivity index (χ4v) is 3.71. The highest BCUT2D eigenvalue weighted by atomic mass is 32.1. The van der Waals surface area contributed by atoms with E-state index in [1.807, 2.05) is 6.07 Å². The van der Waals surface area contributed by atoms with Crippen molar-refractivity contribution in [2.75, 3.05) is 7.11 Å². The summed E-state index contributed by atoms with van der Waals surface area (Å²) in [5, 5.41) is 14.0. The predicted molar refractivity (Wildman–Crippen MR) is 81.9 cm³/mol. The van der Waals surface area contributed by atoms with Gasteiger partial charge in [0.15, 0.2) is 0 Å². The van der Waals surface area contributed by atoms with Crippen LogP contribution in [0.4, 0.5) is 0 Å². The van der Waals surface area contributed by atoms with E-state index in [4.69, 9.17) is 4.74 Å². The van der Waals surface area contributed by atoms with E-state index in [-0.39, 0.29) is 0 Å². The van der Waals surface area contributed by atoms with Crippen LogP contribution in [0.1, 0.15) is 32.3 Å². The van der Waals surface area contributed by atoms with Crippen molar-refractivity contribution in [1.82, 2.24) is 0 Å². The molecule has 0 aliphatic carbocycles. The molecule has 0 radical (unpaired) electrons. The Hall–Kier alpha value is -0.900. The molecular formula is C16H22O2S. The number of hydrogen-bond donors (Lipinski definition) is 1. The summed E-state index contributed by atoms with van der Waals surface area (Å²) in [5.74, 6) is 0. The maximum Gasteiger partial charge on any atom is 0.0934 e. The van der Waals surface area contributed by atoms with E-state index >= 15 is 0 Å². The van der Waals surface area contributed by atoms with Crippen molar-refractivity contribution in [2.24, 2.45) is 0 Å². The molecule has 104 valence electrons. The smallest absolute Gasteiger partial charge is 0.0934 e. The molecule has 0 bridgehead atoms. The summed E-state index contributed by atoms with van der Waals surface area (Å²) in [7, 11) is 1.70. The molecular weight excluding hydrogens is 256 g/mol. The fraction of sp³-hybridized carbons (Fsp3) is 0.500. The fourth-order valence-electron chi connectivity index (χ4n) is 2.73. The first kappa shape index (κ1) is 14.5. The number of fused-ring (bicyclic) bond motifs is 1. The van der Waals surface area contributed by atoms with Crippen LogP contribution in [0.5, 0.6) is 0 Å². The van der Waals surface area contributed by atoms with Crippen LogP contribution >= 0.6 is 11.3 Å². The Balaban J connectivity index is 2.25. The van der Waals surface area contributed by atoms with Gasteiger partial charge in [-0.25, -0.2) is 0 Å². The molecule has 1 atom stereocenters. The second-order valence-corrected chi connectivity index (χ2v) is 5.86. The zero-order valence-electron chi connectivity index (χ0n) is 11.8. The van der Waals surface area contributed by atoms with Crippen LogP contribution in [-0.2, 0) is 11.2 Å². The van der Waals surface area contributed by atoms with Crippen LogP contribution in [0.2, 0.25) is 0 Å². The van der Waals surface area contributed by atoms with E-state index in [9.17, 15) is 5.11 Å². The van der Waals surface area contributed by atoms with Crippen LogP contribution in [0.3, 0.4) is 0 Å². The first-order chi connectivity index (χ1) is 9.16. The molecule has 0 fully saturated rings. The molecule has 19 heavy (non-hydrogen) atoms. The number of ether oxygens (including phenoxy) is 1. The minimum absolute atomic E-state index is 0.428. The normalized spacial score (nSPS) is 13.9. The first-order valence-electron chi connectivity index (χ1n) is 6.85. The van der Waals surface area contributed by atoms with Crippen molar-refractivity contribution in [1.29, 1.82) is 0 Å². The Kier molecular flexibility index (Phi) is 4.61. The third kappa shape index (κ3) is 2.69. The van der Waals surface area contributed by atoms with E-state index in [1.165, 1.54) is 15.6 Å². The topological polar surface area (TPSA) is 29.5 Å². The number of aliphatic hydroxyl groups excluding tert-OH is 1. The number of hydrogen-bond acceptors (Lipinski definition) is 3. The SMILES string of the molecule is CCC(CC)(OC)C(O)Cc1csc2ccccc12. The van der Waals surface area contributed by atoms with Crippen molar-refractivity contribution in [3.8, 4) is 0 Å². The molecule has 0 saturated carbocycles. The zero-order chi connectivity index (χ0) is 13.9. The monoisotopic (exact) mass is 278 g/mol. The van der Waals surface area contributed by atoms with E-state index in [0.717, 1.165) is 12.8 Å². The first-order valence-corrected chi connectivity index (χ1v) is 7.73. The quantitative estimate of drug-likeness (QED) is 0.865. The Morgan fingerprint density at radius 2 is 1.95 bits per heavy atom. The molecule has 1 N–H and O–H groups in total. The Morgan fingerprint density at radius 3 is 2.58 bits per heavy atom. The number of rotatable bonds is 6. The Bertz CT molecular complexity index is 520. The molecule has 1 unspecified atom stereocenters. The summed E-state index contributed by atoms with van der Waals surface area (Å²) in [6.45, 7) is 4.14. The van der Waals surface area contributed by atoms with Crippen LogP contribution in [0.15, 0.2) is 29.6 Å². The molecule has 0 spiro atoms. The van der Waals surface area contributed by atoms with Crippen LogP contribution in [0.25, 0.3) is 10.1 Å². The summed E-state index contributed by atoms with van der Waals surface area (Å²) >= 11 is 1.74. The molecule has 0 saturated heterocycles. The summed E-state index contributed by atoms with van der Waals surface area (Å²) in [6.07, 6.45) is 1.83. The highest BCUT2D eigenvalue weighted by molar-refractivity contribution is 7.17. The second-order valence-electron chi connectivity index (χ2n) is 4.95. The highest BCUT2D eigenvalue weighted by Crippen LogP contribution is 2.31. The molecule has 2 aromatic rings. The van der Waals surface area contributed by atoms with Crippen molar-refractivity contribution in [3.05, 3.63) is 35.2 Å². The lowest BCUT2D eigenvalue weighted by atomic mass is 9.86. The van der Waals surface area contributed by atoms with E-state index < -0.39 is 11.7 Å². The molecule has 2 rings (SSSR count). The van der Waals surface area contributed by atoms with Crippen LogP contribution in [-0.4, -0.2) is 23.9 Å². The number of benzene rings is 1. The molecule has 0 aliphatic rings. The van der Waals surface area contributed by atoms with Gasteiger partial charge in [-0.05, 0) is 35.2 Å². The summed E-state index contributed by atoms with van der Waals surface area (Å²) < 4.78 is 6.89. The lowest BCUT2D eigenvalue weighted by Gasteiger charge is -2.35. The largest absolute Gasteiger partial charge is 0.390 e. The van der Waals surface area contributed by atoms with Crippen molar-refractivity contribution in [2.45, 2.75) is 44.8 Å².